The van der Waals surface area contributed by atoms with Crippen LogP contribution in [0.2, 0.25) is 0 Å². The number of nitrogens with zero attached hydrogens (tertiary/aromatic N) is 1. The van der Waals surface area contributed by atoms with Crippen molar-refractivity contribution in [1.82, 2.24) is 4.90 Å². The Hall–Kier alpha value is -1.23. The fraction of sp³-hybridized carbons (Fsp3) is 0.417. The van der Waals surface area contributed by atoms with Crippen LogP contribution in [0.4, 0.5) is 10.5 Å². The minimum atomic E-state index is -0.814. The van der Waals surface area contributed by atoms with E-state index in [0.29, 0.717) is 19.1 Å². The van der Waals surface area contributed by atoms with Crippen molar-refractivity contribution in [3.05, 3.63) is 28.7 Å². The molecule has 0 saturated carbocycles. The molecule has 4 nitrogen and oxygen atoms in total. The molecule has 1 heterocycles. The van der Waals surface area contributed by atoms with Crippen molar-refractivity contribution >= 4 is 27.7 Å². The molecule has 1 aliphatic heterocycles. The summed E-state index contributed by atoms with van der Waals surface area (Å²) in [6, 6.07) is 8.38. The average Bonchev–Trinajstić information content (AvgIpc) is 2.29. The summed E-state index contributed by atoms with van der Waals surface area (Å²) in [4.78, 5) is 12.2. The molecule has 92 valence electrons. The lowest BCUT2D eigenvalue weighted by molar-refractivity contribution is 0.134. The SMILES string of the molecule is O=C(O)N1CCC(Nc2cccc(Br)c2)CC1. The summed E-state index contributed by atoms with van der Waals surface area (Å²) in [6.07, 6.45) is 0.906. The van der Waals surface area contributed by atoms with Gasteiger partial charge in [0.05, 0.1) is 0 Å². The Morgan fingerprint density at radius 3 is 2.71 bits per heavy atom. The third-order valence-corrected chi connectivity index (χ3v) is 3.45. The topological polar surface area (TPSA) is 52.6 Å². The van der Waals surface area contributed by atoms with Gasteiger partial charge in [-0.25, -0.2) is 4.79 Å². The second-order valence-corrected chi connectivity index (χ2v) is 5.11. The fourth-order valence-electron chi connectivity index (χ4n) is 2.03. The van der Waals surface area contributed by atoms with Gasteiger partial charge >= 0.3 is 6.09 Å². The van der Waals surface area contributed by atoms with E-state index < -0.39 is 6.09 Å². The second-order valence-electron chi connectivity index (χ2n) is 4.20. The zero-order chi connectivity index (χ0) is 12.3. The Balaban J connectivity index is 1.88. The molecule has 1 fully saturated rings. The van der Waals surface area contributed by atoms with Gasteiger partial charge in [-0.15, -0.1) is 0 Å². The molecule has 1 aromatic rings. The van der Waals surface area contributed by atoms with Gasteiger partial charge < -0.3 is 15.3 Å². The van der Waals surface area contributed by atoms with Crippen molar-refractivity contribution in [2.24, 2.45) is 0 Å². The summed E-state index contributed by atoms with van der Waals surface area (Å²) >= 11 is 3.43. The van der Waals surface area contributed by atoms with Crippen LogP contribution in [0.25, 0.3) is 0 Å². The number of benzene rings is 1. The van der Waals surface area contributed by atoms with Crippen LogP contribution in [-0.2, 0) is 0 Å². The summed E-state index contributed by atoms with van der Waals surface area (Å²) in [5.74, 6) is 0. The Morgan fingerprint density at radius 1 is 1.41 bits per heavy atom. The standard InChI is InChI=1S/C12H15BrN2O2/c13-9-2-1-3-11(8-9)14-10-4-6-15(7-5-10)12(16)17/h1-3,8,10,14H,4-7H2,(H,16,17). The minimum Gasteiger partial charge on any atom is -0.465 e. The number of halogens is 1. The van der Waals surface area contributed by atoms with E-state index in [-0.39, 0.29) is 0 Å². The fourth-order valence-corrected chi connectivity index (χ4v) is 2.43. The summed E-state index contributed by atoms with van der Waals surface area (Å²) in [7, 11) is 0. The Kier molecular flexibility index (Phi) is 3.89. The molecule has 0 atom stereocenters. The minimum absolute atomic E-state index is 0.361. The number of piperidine rings is 1. The van der Waals surface area contributed by atoms with Crippen LogP contribution < -0.4 is 5.32 Å². The first-order valence-corrected chi connectivity index (χ1v) is 6.44. The van der Waals surface area contributed by atoms with Gasteiger partial charge in [-0.1, -0.05) is 22.0 Å². The summed E-state index contributed by atoms with van der Waals surface area (Å²) in [6.45, 7) is 1.22. The van der Waals surface area contributed by atoms with Gasteiger partial charge in [-0.2, -0.15) is 0 Å². The molecule has 0 unspecified atom stereocenters. The lowest BCUT2D eigenvalue weighted by atomic mass is 10.1. The van der Waals surface area contributed by atoms with Crippen molar-refractivity contribution in [2.45, 2.75) is 18.9 Å². The van der Waals surface area contributed by atoms with E-state index in [9.17, 15) is 4.79 Å². The highest BCUT2D eigenvalue weighted by Gasteiger charge is 2.21. The molecule has 2 rings (SSSR count). The second kappa shape index (κ2) is 5.40. The van der Waals surface area contributed by atoms with E-state index in [4.69, 9.17) is 5.11 Å². The normalized spacial score (nSPS) is 16.9. The number of rotatable bonds is 2. The smallest absolute Gasteiger partial charge is 0.407 e. The van der Waals surface area contributed by atoms with Gasteiger partial charge in [0.2, 0.25) is 0 Å². The first-order valence-electron chi connectivity index (χ1n) is 5.65. The molecular weight excluding hydrogens is 284 g/mol. The first kappa shape index (κ1) is 12.2. The predicted octanol–water partition coefficient (Wildman–Crippen LogP) is 3.00. The van der Waals surface area contributed by atoms with Crippen LogP contribution >= 0.6 is 15.9 Å². The molecule has 1 aromatic carbocycles. The quantitative estimate of drug-likeness (QED) is 0.882. The lowest BCUT2D eigenvalue weighted by Crippen LogP contribution is -2.41. The third kappa shape index (κ3) is 3.36. The molecule has 2 N–H and O–H groups in total. The number of anilines is 1. The van der Waals surface area contributed by atoms with Crippen molar-refractivity contribution in [3.8, 4) is 0 Å². The number of hydrogen-bond donors (Lipinski definition) is 2. The Morgan fingerprint density at radius 2 is 2.12 bits per heavy atom. The first-order chi connectivity index (χ1) is 8.15. The van der Waals surface area contributed by atoms with E-state index in [1.165, 1.54) is 4.90 Å². The molecule has 0 aromatic heterocycles. The lowest BCUT2D eigenvalue weighted by Gasteiger charge is -2.31. The maximum absolute atomic E-state index is 10.8. The maximum atomic E-state index is 10.8. The molecule has 0 spiro atoms. The van der Waals surface area contributed by atoms with Gasteiger partial charge in [-0.05, 0) is 31.0 Å². The average molecular weight is 299 g/mol. The van der Waals surface area contributed by atoms with Gasteiger partial charge in [-0.3, -0.25) is 0 Å². The molecule has 0 aliphatic carbocycles. The van der Waals surface area contributed by atoms with E-state index in [1.807, 2.05) is 24.3 Å². The Labute approximate surface area is 109 Å². The highest BCUT2D eigenvalue weighted by Crippen LogP contribution is 2.20. The van der Waals surface area contributed by atoms with Crippen molar-refractivity contribution < 1.29 is 9.90 Å². The highest BCUT2D eigenvalue weighted by atomic mass is 79.9. The monoisotopic (exact) mass is 298 g/mol. The van der Waals surface area contributed by atoms with Gasteiger partial charge in [0.15, 0.2) is 0 Å². The summed E-state index contributed by atoms with van der Waals surface area (Å²) in [5.41, 5.74) is 1.08. The van der Waals surface area contributed by atoms with E-state index in [2.05, 4.69) is 21.2 Å². The van der Waals surface area contributed by atoms with Gasteiger partial charge in [0.1, 0.15) is 0 Å². The van der Waals surface area contributed by atoms with Crippen molar-refractivity contribution in [2.75, 3.05) is 18.4 Å². The van der Waals surface area contributed by atoms with Crippen molar-refractivity contribution in [1.29, 1.82) is 0 Å². The Bertz CT molecular complexity index is 403. The molecule has 17 heavy (non-hydrogen) atoms. The number of carbonyl (C=O) groups is 1. The summed E-state index contributed by atoms with van der Waals surface area (Å²) < 4.78 is 1.05. The van der Waals surface area contributed by atoms with E-state index >= 15 is 0 Å². The van der Waals surface area contributed by atoms with Crippen LogP contribution in [0.3, 0.4) is 0 Å². The maximum Gasteiger partial charge on any atom is 0.407 e. The number of nitrogens with one attached hydrogen (secondary N) is 1. The van der Waals surface area contributed by atoms with Crippen molar-refractivity contribution in [3.63, 3.8) is 0 Å². The van der Waals surface area contributed by atoms with E-state index in [1.54, 1.807) is 0 Å². The molecule has 0 bridgehead atoms. The van der Waals surface area contributed by atoms with Gasteiger partial charge in [0, 0.05) is 29.3 Å². The number of hydrogen-bond acceptors (Lipinski definition) is 2. The van der Waals surface area contributed by atoms with Crippen LogP contribution in [-0.4, -0.2) is 35.2 Å². The largest absolute Gasteiger partial charge is 0.465 e. The van der Waals surface area contributed by atoms with Crippen LogP contribution in [0, 0.1) is 0 Å². The molecule has 1 saturated heterocycles. The van der Waals surface area contributed by atoms with Crippen LogP contribution in [0.15, 0.2) is 28.7 Å². The zero-order valence-corrected chi connectivity index (χ0v) is 11.0. The number of likely N-dealkylation sites (tertiary alicyclic amines) is 1. The van der Waals surface area contributed by atoms with Crippen LogP contribution in [0.1, 0.15) is 12.8 Å². The highest BCUT2D eigenvalue weighted by molar-refractivity contribution is 9.10. The summed E-state index contributed by atoms with van der Waals surface area (Å²) in [5, 5.41) is 12.3. The molecule has 5 heteroatoms. The molecule has 1 amide bonds. The van der Waals surface area contributed by atoms with Gasteiger partial charge in [0.25, 0.3) is 0 Å². The zero-order valence-electron chi connectivity index (χ0n) is 9.40. The number of carboxylic acid groups (broad SMARTS) is 1. The van der Waals surface area contributed by atoms with Crippen LogP contribution in [0.5, 0.6) is 0 Å². The van der Waals surface area contributed by atoms with E-state index in [0.717, 1.165) is 23.0 Å². The predicted molar refractivity (Wildman–Crippen MR) is 70.4 cm³/mol. The number of amides is 1. The third-order valence-electron chi connectivity index (χ3n) is 2.96. The molecule has 0 radical (unpaired) electrons. The molecular formula is C12H15BrN2O2. The molecule has 1 aliphatic rings.